The molecule has 0 saturated carbocycles. The van der Waals surface area contributed by atoms with E-state index in [4.69, 9.17) is 10.5 Å². The van der Waals surface area contributed by atoms with E-state index < -0.39 is 0 Å². The molecule has 2 aromatic rings. The molecule has 0 fully saturated rings. The van der Waals surface area contributed by atoms with Gasteiger partial charge in [0.15, 0.2) is 0 Å². The summed E-state index contributed by atoms with van der Waals surface area (Å²) >= 11 is 0. The van der Waals surface area contributed by atoms with Crippen molar-refractivity contribution in [3.05, 3.63) is 53.7 Å². The summed E-state index contributed by atoms with van der Waals surface area (Å²) in [4.78, 5) is 16.2. The SMILES string of the molecule is COc1cccc(C(=O)Nc2cc(C#CCN)ccn2)c1. The van der Waals surface area contributed by atoms with E-state index in [1.54, 1.807) is 49.7 Å². The topological polar surface area (TPSA) is 77.2 Å². The van der Waals surface area contributed by atoms with E-state index in [1.807, 2.05) is 0 Å². The number of amides is 1. The molecule has 5 nitrogen and oxygen atoms in total. The number of nitrogens with two attached hydrogens (primary N) is 1. The Morgan fingerprint density at radius 2 is 2.24 bits per heavy atom. The van der Waals surface area contributed by atoms with Gasteiger partial charge in [-0.1, -0.05) is 17.9 Å². The molecule has 0 aliphatic carbocycles. The highest BCUT2D eigenvalue weighted by molar-refractivity contribution is 6.04. The number of nitrogens with zero attached hydrogens (tertiary/aromatic N) is 1. The van der Waals surface area contributed by atoms with Gasteiger partial charge in [0.1, 0.15) is 11.6 Å². The van der Waals surface area contributed by atoms with Gasteiger partial charge in [-0.05, 0) is 30.3 Å². The van der Waals surface area contributed by atoms with Crippen molar-refractivity contribution in [2.75, 3.05) is 19.0 Å². The number of carbonyl (C=O) groups is 1. The second-order valence-corrected chi connectivity index (χ2v) is 4.12. The monoisotopic (exact) mass is 281 g/mol. The van der Waals surface area contributed by atoms with Gasteiger partial charge in [-0.25, -0.2) is 4.98 Å². The minimum atomic E-state index is -0.259. The molecule has 0 aliphatic heterocycles. The van der Waals surface area contributed by atoms with Crippen LogP contribution in [0.1, 0.15) is 15.9 Å². The summed E-state index contributed by atoms with van der Waals surface area (Å²) in [6, 6.07) is 10.3. The number of methoxy groups -OCH3 is 1. The van der Waals surface area contributed by atoms with Crippen LogP contribution >= 0.6 is 0 Å². The Morgan fingerprint density at radius 1 is 1.38 bits per heavy atom. The van der Waals surface area contributed by atoms with Gasteiger partial charge in [-0.15, -0.1) is 0 Å². The smallest absolute Gasteiger partial charge is 0.256 e. The summed E-state index contributed by atoms with van der Waals surface area (Å²) in [5.74, 6) is 6.44. The van der Waals surface area contributed by atoms with Crippen LogP contribution in [0.4, 0.5) is 5.82 Å². The summed E-state index contributed by atoms with van der Waals surface area (Å²) in [5.41, 5.74) is 6.57. The number of hydrogen-bond acceptors (Lipinski definition) is 4. The molecule has 0 spiro atoms. The Hall–Kier alpha value is -2.84. The van der Waals surface area contributed by atoms with Crippen molar-refractivity contribution in [1.29, 1.82) is 0 Å². The number of carbonyl (C=O) groups excluding carboxylic acids is 1. The number of nitrogens with one attached hydrogen (secondary N) is 1. The molecule has 0 unspecified atom stereocenters. The molecule has 106 valence electrons. The van der Waals surface area contributed by atoms with E-state index in [9.17, 15) is 4.79 Å². The molecule has 0 bridgehead atoms. The molecule has 1 aromatic heterocycles. The van der Waals surface area contributed by atoms with Gasteiger partial charge in [-0.3, -0.25) is 4.79 Å². The number of pyridine rings is 1. The third-order valence-corrected chi connectivity index (χ3v) is 2.67. The summed E-state index contributed by atoms with van der Waals surface area (Å²) in [6.07, 6.45) is 1.59. The normalized spacial score (nSPS) is 9.43. The van der Waals surface area contributed by atoms with Crippen LogP contribution in [-0.2, 0) is 0 Å². The lowest BCUT2D eigenvalue weighted by Crippen LogP contribution is -2.13. The van der Waals surface area contributed by atoms with Crippen molar-refractivity contribution in [1.82, 2.24) is 4.98 Å². The fourth-order valence-corrected chi connectivity index (χ4v) is 1.68. The third kappa shape index (κ3) is 4.06. The molecular weight excluding hydrogens is 266 g/mol. The highest BCUT2D eigenvalue weighted by Gasteiger charge is 2.07. The second-order valence-electron chi connectivity index (χ2n) is 4.12. The maximum Gasteiger partial charge on any atom is 0.256 e. The predicted molar refractivity (Wildman–Crippen MR) is 81.1 cm³/mol. The van der Waals surface area contributed by atoms with Crippen LogP contribution in [-0.4, -0.2) is 24.5 Å². The van der Waals surface area contributed by atoms with Crippen molar-refractivity contribution < 1.29 is 9.53 Å². The number of ether oxygens (including phenoxy) is 1. The number of anilines is 1. The first-order chi connectivity index (χ1) is 10.2. The molecule has 0 saturated heterocycles. The Kier molecular flexibility index (Phi) is 4.91. The number of hydrogen-bond donors (Lipinski definition) is 2. The molecule has 21 heavy (non-hydrogen) atoms. The Morgan fingerprint density at radius 3 is 3.00 bits per heavy atom. The highest BCUT2D eigenvalue weighted by atomic mass is 16.5. The van der Waals surface area contributed by atoms with Crippen molar-refractivity contribution in [3.63, 3.8) is 0 Å². The zero-order valence-corrected chi connectivity index (χ0v) is 11.6. The van der Waals surface area contributed by atoms with E-state index >= 15 is 0 Å². The van der Waals surface area contributed by atoms with Crippen LogP contribution in [0.15, 0.2) is 42.6 Å². The molecular formula is C16H15N3O2. The van der Waals surface area contributed by atoms with E-state index in [0.29, 0.717) is 17.1 Å². The summed E-state index contributed by atoms with van der Waals surface area (Å²) in [5, 5.41) is 2.72. The van der Waals surface area contributed by atoms with Crippen LogP contribution in [0.3, 0.4) is 0 Å². The van der Waals surface area contributed by atoms with Crippen molar-refractivity contribution >= 4 is 11.7 Å². The van der Waals surface area contributed by atoms with E-state index in [1.165, 1.54) is 0 Å². The Labute approximate surface area is 123 Å². The fraction of sp³-hybridized carbons (Fsp3) is 0.125. The summed E-state index contributed by atoms with van der Waals surface area (Å²) in [6.45, 7) is 0.286. The van der Waals surface area contributed by atoms with Gasteiger partial charge >= 0.3 is 0 Å². The largest absolute Gasteiger partial charge is 0.497 e. The molecule has 1 aromatic carbocycles. The zero-order valence-electron chi connectivity index (χ0n) is 11.6. The highest BCUT2D eigenvalue weighted by Crippen LogP contribution is 2.14. The molecule has 0 radical (unpaired) electrons. The number of benzene rings is 1. The first kappa shape index (κ1) is 14.6. The van der Waals surface area contributed by atoms with Gasteiger partial charge in [0, 0.05) is 17.3 Å². The minimum absolute atomic E-state index is 0.259. The molecule has 2 rings (SSSR count). The van der Waals surface area contributed by atoms with Gasteiger partial charge in [0.05, 0.1) is 13.7 Å². The lowest BCUT2D eigenvalue weighted by molar-refractivity contribution is 0.102. The number of rotatable bonds is 3. The van der Waals surface area contributed by atoms with Crippen LogP contribution in [0.2, 0.25) is 0 Å². The molecule has 5 heteroatoms. The third-order valence-electron chi connectivity index (χ3n) is 2.67. The molecule has 0 atom stereocenters. The minimum Gasteiger partial charge on any atom is -0.497 e. The average Bonchev–Trinajstić information content (AvgIpc) is 2.53. The maximum atomic E-state index is 12.1. The average molecular weight is 281 g/mol. The van der Waals surface area contributed by atoms with Crippen molar-refractivity contribution in [3.8, 4) is 17.6 Å². The maximum absolute atomic E-state index is 12.1. The van der Waals surface area contributed by atoms with Crippen molar-refractivity contribution in [2.45, 2.75) is 0 Å². The molecule has 3 N–H and O–H groups in total. The summed E-state index contributed by atoms with van der Waals surface area (Å²) in [7, 11) is 1.55. The zero-order chi connectivity index (χ0) is 15.1. The van der Waals surface area contributed by atoms with Crippen LogP contribution in [0.25, 0.3) is 0 Å². The van der Waals surface area contributed by atoms with Gasteiger partial charge < -0.3 is 15.8 Å². The molecule has 0 aliphatic rings. The molecule has 1 amide bonds. The summed E-state index contributed by atoms with van der Waals surface area (Å²) < 4.78 is 5.09. The van der Waals surface area contributed by atoms with Crippen LogP contribution in [0, 0.1) is 11.8 Å². The lowest BCUT2D eigenvalue weighted by atomic mass is 10.2. The second kappa shape index (κ2) is 7.08. The van der Waals surface area contributed by atoms with Gasteiger partial charge in [0.25, 0.3) is 5.91 Å². The van der Waals surface area contributed by atoms with Gasteiger partial charge in [-0.2, -0.15) is 0 Å². The van der Waals surface area contributed by atoms with Crippen LogP contribution in [0.5, 0.6) is 5.75 Å². The van der Waals surface area contributed by atoms with Crippen LogP contribution < -0.4 is 15.8 Å². The number of aromatic nitrogens is 1. The van der Waals surface area contributed by atoms with E-state index in [0.717, 1.165) is 5.56 Å². The Bertz CT molecular complexity index is 702. The van der Waals surface area contributed by atoms with E-state index in [2.05, 4.69) is 22.1 Å². The van der Waals surface area contributed by atoms with Crippen molar-refractivity contribution in [2.24, 2.45) is 5.73 Å². The quantitative estimate of drug-likeness (QED) is 0.839. The van der Waals surface area contributed by atoms with Gasteiger partial charge in [0.2, 0.25) is 0 Å². The van der Waals surface area contributed by atoms with E-state index in [-0.39, 0.29) is 12.5 Å². The first-order valence-electron chi connectivity index (χ1n) is 6.33. The lowest BCUT2D eigenvalue weighted by Gasteiger charge is -2.06. The first-order valence-corrected chi connectivity index (χ1v) is 6.33. The standard InChI is InChI=1S/C16H15N3O2/c1-21-14-6-2-5-13(11-14)16(20)19-15-10-12(4-3-8-17)7-9-18-15/h2,5-7,9-11H,8,17H2,1H3,(H,18,19,20). The fourth-order valence-electron chi connectivity index (χ4n) is 1.68. The predicted octanol–water partition coefficient (Wildman–Crippen LogP) is 1.65. The Balaban J connectivity index is 2.15. The molecule has 1 heterocycles.